The molecule has 1 nitrogen and oxygen atoms in total. The van der Waals surface area contributed by atoms with Crippen molar-refractivity contribution in [3.05, 3.63) is 65.0 Å². The van der Waals surface area contributed by atoms with Gasteiger partial charge in [-0.3, -0.25) is 0 Å². The number of methoxy groups -OCH3 is 1. The standard InChI is InChI=1S/C15H14BrFO/c1-10-3-4-12(9-14(10)18-2)15(16)11-5-7-13(17)8-6-11/h3-9,15H,1-2H3. The summed E-state index contributed by atoms with van der Waals surface area (Å²) in [6.07, 6.45) is 0. The van der Waals surface area contributed by atoms with Crippen LogP contribution in [-0.2, 0) is 0 Å². The van der Waals surface area contributed by atoms with E-state index in [0.29, 0.717) is 0 Å². The van der Waals surface area contributed by atoms with Crippen LogP contribution in [0, 0.1) is 12.7 Å². The van der Waals surface area contributed by atoms with E-state index in [-0.39, 0.29) is 10.6 Å². The highest BCUT2D eigenvalue weighted by Crippen LogP contribution is 2.33. The summed E-state index contributed by atoms with van der Waals surface area (Å²) in [7, 11) is 1.66. The van der Waals surface area contributed by atoms with Gasteiger partial charge < -0.3 is 4.74 Å². The van der Waals surface area contributed by atoms with E-state index in [2.05, 4.69) is 15.9 Å². The topological polar surface area (TPSA) is 9.23 Å². The first-order valence-corrected chi connectivity index (χ1v) is 6.57. The molecule has 1 unspecified atom stereocenters. The van der Waals surface area contributed by atoms with E-state index in [1.54, 1.807) is 19.2 Å². The van der Waals surface area contributed by atoms with E-state index >= 15 is 0 Å². The van der Waals surface area contributed by atoms with Crippen molar-refractivity contribution in [2.45, 2.75) is 11.8 Å². The van der Waals surface area contributed by atoms with Crippen LogP contribution >= 0.6 is 15.9 Å². The highest BCUT2D eigenvalue weighted by Gasteiger charge is 2.12. The van der Waals surface area contributed by atoms with Crippen molar-refractivity contribution in [3.8, 4) is 5.75 Å². The zero-order valence-electron chi connectivity index (χ0n) is 10.3. The first-order chi connectivity index (χ1) is 8.61. The van der Waals surface area contributed by atoms with Gasteiger partial charge in [-0.25, -0.2) is 4.39 Å². The summed E-state index contributed by atoms with van der Waals surface area (Å²) in [6.45, 7) is 2.00. The van der Waals surface area contributed by atoms with Crippen LogP contribution in [0.5, 0.6) is 5.75 Å². The molecule has 0 radical (unpaired) electrons. The number of hydrogen-bond donors (Lipinski definition) is 0. The van der Waals surface area contributed by atoms with Gasteiger partial charge in [0, 0.05) is 0 Å². The highest BCUT2D eigenvalue weighted by atomic mass is 79.9. The minimum absolute atomic E-state index is 0.0348. The molecule has 0 aliphatic carbocycles. The van der Waals surface area contributed by atoms with Crippen molar-refractivity contribution in [2.24, 2.45) is 0 Å². The molecule has 0 amide bonds. The second-order valence-electron chi connectivity index (χ2n) is 4.14. The molecule has 2 rings (SSSR count). The number of alkyl halides is 1. The minimum atomic E-state index is -0.222. The monoisotopic (exact) mass is 308 g/mol. The second-order valence-corrected chi connectivity index (χ2v) is 5.06. The third kappa shape index (κ3) is 2.72. The molecule has 2 aromatic rings. The summed E-state index contributed by atoms with van der Waals surface area (Å²) in [5.41, 5.74) is 3.20. The Labute approximate surface area is 115 Å². The fourth-order valence-corrected chi connectivity index (χ4v) is 2.41. The Bertz CT molecular complexity index is 537. The van der Waals surface area contributed by atoms with Crippen LogP contribution in [-0.4, -0.2) is 7.11 Å². The minimum Gasteiger partial charge on any atom is -0.496 e. The number of halogens is 2. The van der Waals surface area contributed by atoms with Crippen LogP contribution in [0.3, 0.4) is 0 Å². The maximum atomic E-state index is 12.9. The fraction of sp³-hybridized carbons (Fsp3) is 0.200. The van der Waals surface area contributed by atoms with Gasteiger partial charge in [-0.2, -0.15) is 0 Å². The summed E-state index contributed by atoms with van der Waals surface area (Å²) in [5, 5.41) is 0. The Kier molecular flexibility index (Phi) is 4.02. The Morgan fingerprint density at radius 2 is 1.67 bits per heavy atom. The molecule has 1 atom stereocenters. The van der Waals surface area contributed by atoms with E-state index in [1.165, 1.54) is 12.1 Å². The van der Waals surface area contributed by atoms with E-state index in [0.717, 1.165) is 22.4 Å². The van der Waals surface area contributed by atoms with Gasteiger partial charge in [-0.1, -0.05) is 40.2 Å². The lowest BCUT2D eigenvalue weighted by molar-refractivity contribution is 0.411. The van der Waals surface area contributed by atoms with Crippen molar-refractivity contribution >= 4 is 15.9 Å². The largest absolute Gasteiger partial charge is 0.496 e. The van der Waals surface area contributed by atoms with Crippen LogP contribution in [0.2, 0.25) is 0 Å². The van der Waals surface area contributed by atoms with Gasteiger partial charge in [0.25, 0.3) is 0 Å². The SMILES string of the molecule is COc1cc(C(Br)c2ccc(F)cc2)ccc1C. The van der Waals surface area contributed by atoms with Crippen LogP contribution in [0.1, 0.15) is 21.5 Å². The smallest absolute Gasteiger partial charge is 0.123 e. The first kappa shape index (κ1) is 13.1. The Morgan fingerprint density at radius 3 is 2.28 bits per heavy atom. The molecular weight excluding hydrogens is 295 g/mol. The third-order valence-electron chi connectivity index (χ3n) is 2.89. The fourth-order valence-electron chi connectivity index (χ4n) is 1.82. The lowest BCUT2D eigenvalue weighted by Crippen LogP contribution is -1.95. The van der Waals surface area contributed by atoms with E-state index in [4.69, 9.17) is 4.74 Å². The summed E-state index contributed by atoms with van der Waals surface area (Å²) < 4.78 is 18.2. The molecule has 0 heterocycles. The summed E-state index contributed by atoms with van der Waals surface area (Å²) >= 11 is 3.63. The summed E-state index contributed by atoms with van der Waals surface area (Å²) in [4.78, 5) is 0.0348. The lowest BCUT2D eigenvalue weighted by Gasteiger charge is -2.13. The van der Waals surface area contributed by atoms with Gasteiger partial charge in [0.15, 0.2) is 0 Å². The Morgan fingerprint density at radius 1 is 1.06 bits per heavy atom. The molecule has 0 aliphatic heterocycles. The predicted molar refractivity (Wildman–Crippen MR) is 74.9 cm³/mol. The maximum Gasteiger partial charge on any atom is 0.123 e. The average Bonchev–Trinajstić information content (AvgIpc) is 2.39. The van der Waals surface area contributed by atoms with Crippen molar-refractivity contribution in [2.75, 3.05) is 7.11 Å². The zero-order chi connectivity index (χ0) is 13.1. The summed E-state index contributed by atoms with van der Waals surface area (Å²) in [6, 6.07) is 12.6. The van der Waals surface area contributed by atoms with Gasteiger partial charge in [0.1, 0.15) is 11.6 Å². The van der Waals surface area contributed by atoms with Crippen LogP contribution < -0.4 is 4.74 Å². The zero-order valence-corrected chi connectivity index (χ0v) is 11.9. The number of benzene rings is 2. The third-order valence-corrected chi connectivity index (χ3v) is 3.94. The molecule has 0 aliphatic rings. The normalized spacial score (nSPS) is 12.2. The quantitative estimate of drug-likeness (QED) is 0.751. The number of ether oxygens (including phenoxy) is 1. The first-order valence-electron chi connectivity index (χ1n) is 5.66. The molecule has 0 fully saturated rings. The molecule has 94 valence electrons. The lowest BCUT2D eigenvalue weighted by atomic mass is 10.0. The van der Waals surface area contributed by atoms with Crippen molar-refractivity contribution < 1.29 is 9.13 Å². The molecule has 18 heavy (non-hydrogen) atoms. The molecular formula is C15H14BrFO. The van der Waals surface area contributed by atoms with Crippen LogP contribution in [0.25, 0.3) is 0 Å². The van der Waals surface area contributed by atoms with E-state index < -0.39 is 0 Å². The van der Waals surface area contributed by atoms with Crippen molar-refractivity contribution in [1.82, 2.24) is 0 Å². The highest BCUT2D eigenvalue weighted by molar-refractivity contribution is 9.09. The van der Waals surface area contributed by atoms with Crippen molar-refractivity contribution in [3.63, 3.8) is 0 Å². The maximum absolute atomic E-state index is 12.9. The van der Waals surface area contributed by atoms with E-state index in [9.17, 15) is 4.39 Å². The Hall–Kier alpha value is -1.35. The van der Waals surface area contributed by atoms with E-state index in [1.807, 2.05) is 25.1 Å². The van der Waals surface area contributed by atoms with Gasteiger partial charge in [0.2, 0.25) is 0 Å². The second kappa shape index (κ2) is 5.53. The molecule has 0 aromatic heterocycles. The Balaban J connectivity index is 2.33. The average molecular weight is 309 g/mol. The number of aryl methyl sites for hydroxylation is 1. The van der Waals surface area contributed by atoms with Gasteiger partial charge in [-0.15, -0.1) is 0 Å². The molecule has 2 aromatic carbocycles. The number of hydrogen-bond acceptors (Lipinski definition) is 1. The molecule has 0 saturated heterocycles. The van der Waals surface area contributed by atoms with Gasteiger partial charge in [0.05, 0.1) is 11.9 Å². The van der Waals surface area contributed by atoms with Gasteiger partial charge in [-0.05, 0) is 41.8 Å². The van der Waals surface area contributed by atoms with Crippen LogP contribution in [0.15, 0.2) is 42.5 Å². The molecule has 0 saturated carbocycles. The number of rotatable bonds is 3. The van der Waals surface area contributed by atoms with Crippen LogP contribution in [0.4, 0.5) is 4.39 Å². The van der Waals surface area contributed by atoms with Crippen molar-refractivity contribution in [1.29, 1.82) is 0 Å². The molecule has 3 heteroatoms. The predicted octanol–water partition coefficient (Wildman–Crippen LogP) is 4.63. The molecule has 0 N–H and O–H groups in total. The molecule has 0 spiro atoms. The molecule has 0 bridgehead atoms. The van der Waals surface area contributed by atoms with Gasteiger partial charge >= 0.3 is 0 Å². The summed E-state index contributed by atoms with van der Waals surface area (Å²) in [5.74, 6) is 0.638.